The Morgan fingerprint density at radius 3 is 2.08 bits per heavy atom. The molecule has 0 radical (unpaired) electrons. The maximum atomic E-state index is 11.7. The molecule has 0 aliphatic carbocycles. The van der Waals surface area contributed by atoms with E-state index in [9.17, 15) is 9.90 Å². The van der Waals surface area contributed by atoms with Gasteiger partial charge in [-0.1, -0.05) is 86.3 Å². The first kappa shape index (κ1) is 18.7. The van der Waals surface area contributed by atoms with Crippen molar-refractivity contribution in [1.29, 1.82) is 0 Å². The lowest BCUT2D eigenvalue weighted by Crippen LogP contribution is -2.25. The van der Waals surface area contributed by atoms with E-state index in [1.54, 1.807) is 0 Å². The topological polar surface area (TPSA) is 49.8 Å². The van der Waals surface area contributed by atoms with Crippen molar-refractivity contribution in [2.45, 2.75) is 63.1 Å². The molecule has 2 aromatic rings. The van der Waals surface area contributed by atoms with E-state index >= 15 is 0 Å². The van der Waals surface area contributed by atoms with Crippen molar-refractivity contribution in [3.05, 3.63) is 71.8 Å². The third-order valence-electron chi connectivity index (χ3n) is 5.27. The standard InChI is InChI=1S/C23H28O3/c24-22(25)23(21(26-23)20-16-10-6-11-17-20)18-12-4-2-1-3-7-13-19-14-8-5-9-15-19/h5-6,8-11,14-17,21H,1-4,7,12-13,18H2,(H,24,25). The predicted octanol–water partition coefficient (Wildman–Crippen LogP) is 5.55. The van der Waals surface area contributed by atoms with Gasteiger partial charge in [0.05, 0.1) is 0 Å². The van der Waals surface area contributed by atoms with E-state index in [0.29, 0.717) is 6.42 Å². The number of epoxide rings is 1. The van der Waals surface area contributed by atoms with Crippen molar-refractivity contribution in [3.8, 4) is 0 Å². The molecule has 1 saturated heterocycles. The minimum absolute atomic E-state index is 0.285. The summed E-state index contributed by atoms with van der Waals surface area (Å²) >= 11 is 0. The Hall–Kier alpha value is -2.13. The molecule has 0 amide bonds. The zero-order valence-electron chi connectivity index (χ0n) is 15.3. The fourth-order valence-electron chi connectivity index (χ4n) is 3.67. The maximum absolute atomic E-state index is 11.7. The number of unbranched alkanes of at least 4 members (excludes halogenated alkanes) is 5. The van der Waals surface area contributed by atoms with Gasteiger partial charge in [0.2, 0.25) is 0 Å². The van der Waals surface area contributed by atoms with E-state index in [4.69, 9.17) is 4.74 Å². The molecule has 3 heteroatoms. The molecule has 138 valence electrons. The third kappa shape index (κ3) is 4.73. The normalized spacial score (nSPS) is 21.5. The lowest BCUT2D eigenvalue weighted by molar-refractivity contribution is -0.143. The predicted molar refractivity (Wildman–Crippen MR) is 103 cm³/mol. The lowest BCUT2D eigenvalue weighted by atomic mass is 9.93. The van der Waals surface area contributed by atoms with Gasteiger partial charge in [-0.3, -0.25) is 0 Å². The molecule has 3 rings (SSSR count). The number of aryl methyl sites for hydroxylation is 1. The molecule has 1 heterocycles. The Morgan fingerprint density at radius 1 is 0.846 bits per heavy atom. The van der Waals surface area contributed by atoms with Gasteiger partial charge in [-0.05, 0) is 36.8 Å². The minimum atomic E-state index is -0.991. The second-order valence-electron chi connectivity index (χ2n) is 7.21. The summed E-state index contributed by atoms with van der Waals surface area (Å²) in [5.74, 6) is -0.825. The summed E-state index contributed by atoms with van der Waals surface area (Å²) in [5.41, 5.74) is 1.39. The van der Waals surface area contributed by atoms with Crippen molar-refractivity contribution in [2.75, 3.05) is 0 Å². The number of hydrogen-bond donors (Lipinski definition) is 1. The smallest absolute Gasteiger partial charge is 0.339 e. The van der Waals surface area contributed by atoms with E-state index in [2.05, 4.69) is 30.3 Å². The van der Waals surface area contributed by atoms with Crippen molar-refractivity contribution in [3.63, 3.8) is 0 Å². The zero-order valence-corrected chi connectivity index (χ0v) is 15.3. The molecule has 2 aromatic carbocycles. The first-order valence-electron chi connectivity index (χ1n) is 9.72. The van der Waals surface area contributed by atoms with Crippen LogP contribution in [0.5, 0.6) is 0 Å². The second-order valence-corrected chi connectivity index (χ2v) is 7.21. The first-order valence-corrected chi connectivity index (χ1v) is 9.72. The number of carboxylic acid groups (broad SMARTS) is 1. The van der Waals surface area contributed by atoms with E-state index in [1.807, 2.05) is 30.3 Å². The Kier molecular flexibility index (Phi) is 6.45. The maximum Gasteiger partial charge on any atom is 0.339 e. The van der Waals surface area contributed by atoms with Crippen LogP contribution in [0.4, 0.5) is 0 Å². The Labute approximate surface area is 156 Å². The lowest BCUT2D eigenvalue weighted by Gasteiger charge is -2.08. The summed E-state index contributed by atoms with van der Waals surface area (Å²) in [6.45, 7) is 0. The minimum Gasteiger partial charge on any atom is -0.479 e. The largest absolute Gasteiger partial charge is 0.479 e. The molecule has 2 atom stereocenters. The third-order valence-corrected chi connectivity index (χ3v) is 5.27. The number of benzene rings is 2. The molecular formula is C23H28O3. The van der Waals surface area contributed by atoms with Gasteiger partial charge in [0.25, 0.3) is 0 Å². The van der Waals surface area contributed by atoms with Crippen LogP contribution in [0, 0.1) is 0 Å². The van der Waals surface area contributed by atoms with Crippen LogP contribution in [0.25, 0.3) is 0 Å². The summed E-state index contributed by atoms with van der Waals surface area (Å²) in [5, 5.41) is 9.59. The second kappa shape index (κ2) is 9.00. The molecule has 0 spiro atoms. The number of ether oxygens (including phenoxy) is 1. The SMILES string of the molecule is O=C(O)C1(CCCCCCCCc2ccccc2)OC1c1ccccc1. The van der Waals surface area contributed by atoms with Gasteiger partial charge >= 0.3 is 5.97 Å². The van der Waals surface area contributed by atoms with Gasteiger partial charge in [-0.2, -0.15) is 0 Å². The highest BCUT2D eigenvalue weighted by Gasteiger charge is 2.62. The molecule has 1 fully saturated rings. The average Bonchev–Trinajstić information content (AvgIpc) is 3.42. The molecule has 1 aliphatic heterocycles. The summed E-state index contributed by atoms with van der Waals surface area (Å²) in [7, 11) is 0. The van der Waals surface area contributed by atoms with Crippen LogP contribution in [-0.2, 0) is 16.0 Å². The summed E-state index contributed by atoms with van der Waals surface area (Å²) in [6.07, 6.45) is 8.30. The van der Waals surface area contributed by atoms with Gasteiger partial charge < -0.3 is 9.84 Å². The van der Waals surface area contributed by atoms with Gasteiger partial charge in [-0.15, -0.1) is 0 Å². The van der Waals surface area contributed by atoms with Crippen LogP contribution < -0.4 is 0 Å². The molecule has 1 aliphatic rings. The molecule has 26 heavy (non-hydrogen) atoms. The Bertz CT molecular complexity index is 683. The van der Waals surface area contributed by atoms with Gasteiger partial charge in [0, 0.05) is 0 Å². The van der Waals surface area contributed by atoms with Gasteiger partial charge in [0.1, 0.15) is 6.10 Å². The fraction of sp³-hybridized carbons (Fsp3) is 0.435. The Morgan fingerprint density at radius 2 is 1.42 bits per heavy atom. The summed E-state index contributed by atoms with van der Waals surface area (Å²) < 4.78 is 5.65. The van der Waals surface area contributed by atoms with Crippen LogP contribution in [0.3, 0.4) is 0 Å². The number of hydrogen-bond acceptors (Lipinski definition) is 2. The molecule has 2 unspecified atom stereocenters. The van der Waals surface area contributed by atoms with E-state index < -0.39 is 11.6 Å². The molecule has 0 aromatic heterocycles. The molecule has 0 bridgehead atoms. The zero-order chi connectivity index (χ0) is 18.2. The molecular weight excluding hydrogens is 324 g/mol. The fourth-order valence-corrected chi connectivity index (χ4v) is 3.67. The van der Waals surface area contributed by atoms with Crippen molar-refractivity contribution in [2.24, 2.45) is 0 Å². The number of rotatable bonds is 11. The Balaban J connectivity index is 1.31. The van der Waals surface area contributed by atoms with Gasteiger partial charge in [-0.25, -0.2) is 4.79 Å². The monoisotopic (exact) mass is 352 g/mol. The van der Waals surface area contributed by atoms with E-state index in [0.717, 1.165) is 24.8 Å². The quantitative estimate of drug-likeness (QED) is 0.426. The van der Waals surface area contributed by atoms with Crippen LogP contribution in [0.15, 0.2) is 60.7 Å². The number of carboxylic acids is 1. The average molecular weight is 352 g/mol. The van der Waals surface area contributed by atoms with Crippen LogP contribution in [0.1, 0.15) is 62.2 Å². The number of carbonyl (C=O) groups is 1. The van der Waals surface area contributed by atoms with Crippen LogP contribution >= 0.6 is 0 Å². The van der Waals surface area contributed by atoms with Gasteiger partial charge in [0.15, 0.2) is 5.60 Å². The highest BCUT2D eigenvalue weighted by Crippen LogP contribution is 2.52. The first-order chi connectivity index (χ1) is 12.7. The molecule has 1 N–H and O–H groups in total. The van der Waals surface area contributed by atoms with E-state index in [1.165, 1.54) is 31.2 Å². The summed E-state index contributed by atoms with van der Waals surface area (Å²) in [4.78, 5) is 11.7. The molecule has 0 saturated carbocycles. The van der Waals surface area contributed by atoms with Crippen molar-refractivity contribution in [1.82, 2.24) is 0 Å². The highest BCUT2D eigenvalue weighted by atomic mass is 16.6. The van der Waals surface area contributed by atoms with Crippen LogP contribution in [-0.4, -0.2) is 16.7 Å². The summed E-state index contributed by atoms with van der Waals surface area (Å²) in [6, 6.07) is 20.3. The van der Waals surface area contributed by atoms with Crippen LogP contribution in [0.2, 0.25) is 0 Å². The van der Waals surface area contributed by atoms with Crippen molar-refractivity contribution < 1.29 is 14.6 Å². The number of aliphatic carboxylic acids is 1. The van der Waals surface area contributed by atoms with Crippen molar-refractivity contribution >= 4 is 5.97 Å². The molecule has 3 nitrogen and oxygen atoms in total. The highest BCUT2D eigenvalue weighted by molar-refractivity contribution is 5.82. The van der Waals surface area contributed by atoms with E-state index in [-0.39, 0.29) is 6.10 Å².